The molecule has 0 aromatic heterocycles. The summed E-state index contributed by atoms with van der Waals surface area (Å²) >= 11 is 0. The smallest absolute Gasteiger partial charge is 0.187 e. The maximum Gasteiger partial charge on any atom is 0.187 e. The monoisotopic (exact) mass is 265 g/mol. The zero-order valence-corrected chi connectivity index (χ0v) is 11.8. The Bertz CT molecular complexity index is 587. The standard InChI is InChI=1S/C18H19NO/c1-14(13-18(20)17-11-7-4-8-12-17)19-15(2)16-9-5-3-6-10-16/h3-13,15,19H,1-2H3/b14-13-/t15-/m1/s1. The van der Waals surface area contributed by atoms with Crippen molar-refractivity contribution in [2.24, 2.45) is 0 Å². The largest absolute Gasteiger partial charge is 0.382 e. The number of nitrogens with one attached hydrogen (secondary N) is 1. The summed E-state index contributed by atoms with van der Waals surface area (Å²) in [6.45, 7) is 4.00. The molecule has 2 heteroatoms. The van der Waals surface area contributed by atoms with E-state index in [-0.39, 0.29) is 11.8 Å². The molecule has 102 valence electrons. The lowest BCUT2D eigenvalue weighted by molar-refractivity contribution is 0.104. The molecule has 0 saturated heterocycles. The minimum atomic E-state index is 0.0239. The maximum absolute atomic E-state index is 12.1. The molecule has 0 bridgehead atoms. The summed E-state index contributed by atoms with van der Waals surface area (Å²) in [5, 5.41) is 3.34. The van der Waals surface area contributed by atoms with E-state index in [1.807, 2.05) is 55.5 Å². The molecule has 0 radical (unpaired) electrons. The van der Waals surface area contributed by atoms with Crippen LogP contribution >= 0.6 is 0 Å². The van der Waals surface area contributed by atoms with Crippen molar-refractivity contribution in [3.63, 3.8) is 0 Å². The van der Waals surface area contributed by atoms with Crippen LogP contribution in [0.1, 0.15) is 35.8 Å². The van der Waals surface area contributed by atoms with Crippen molar-refractivity contribution in [1.82, 2.24) is 5.32 Å². The highest BCUT2D eigenvalue weighted by Crippen LogP contribution is 2.13. The van der Waals surface area contributed by atoms with Crippen molar-refractivity contribution in [1.29, 1.82) is 0 Å². The quantitative estimate of drug-likeness (QED) is 0.650. The summed E-state index contributed by atoms with van der Waals surface area (Å²) in [4.78, 5) is 12.1. The van der Waals surface area contributed by atoms with E-state index in [4.69, 9.17) is 0 Å². The van der Waals surface area contributed by atoms with Gasteiger partial charge in [0.15, 0.2) is 5.78 Å². The van der Waals surface area contributed by atoms with E-state index >= 15 is 0 Å². The zero-order valence-electron chi connectivity index (χ0n) is 11.8. The molecule has 2 nitrogen and oxygen atoms in total. The van der Waals surface area contributed by atoms with Crippen molar-refractivity contribution < 1.29 is 4.79 Å². The van der Waals surface area contributed by atoms with Crippen molar-refractivity contribution >= 4 is 5.78 Å². The molecule has 20 heavy (non-hydrogen) atoms. The number of allylic oxidation sites excluding steroid dienone is 2. The van der Waals surface area contributed by atoms with Gasteiger partial charge in [-0.05, 0) is 19.4 Å². The first-order valence-electron chi connectivity index (χ1n) is 6.76. The Morgan fingerprint density at radius 2 is 1.55 bits per heavy atom. The molecule has 0 unspecified atom stereocenters. The number of carbonyl (C=O) groups is 1. The van der Waals surface area contributed by atoms with Gasteiger partial charge in [-0.15, -0.1) is 0 Å². The molecule has 1 atom stereocenters. The Morgan fingerprint density at radius 1 is 1.00 bits per heavy atom. The van der Waals surface area contributed by atoms with Crippen LogP contribution < -0.4 is 5.32 Å². The van der Waals surface area contributed by atoms with Gasteiger partial charge in [-0.1, -0.05) is 60.7 Å². The lowest BCUT2D eigenvalue weighted by atomic mass is 10.1. The number of carbonyl (C=O) groups excluding carboxylic acids is 1. The van der Waals surface area contributed by atoms with Crippen LogP contribution in [-0.4, -0.2) is 5.78 Å². The van der Waals surface area contributed by atoms with Gasteiger partial charge in [0.1, 0.15) is 0 Å². The average Bonchev–Trinajstić information content (AvgIpc) is 2.49. The summed E-state index contributed by atoms with van der Waals surface area (Å²) in [6, 6.07) is 19.7. The van der Waals surface area contributed by atoms with Gasteiger partial charge >= 0.3 is 0 Å². The van der Waals surface area contributed by atoms with Crippen LogP contribution in [0.15, 0.2) is 72.4 Å². The number of hydrogen-bond donors (Lipinski definition) is 1. The van der Waals surface area contributed by atoms with Crippen LogP contribution in [-0.2, 0) is 0 Å². The fraction of sp³-hybridized carbons (Fsp3) is 0.167. The van der Waals surface area contributed by atoms with E-state index in [1.54, 1.807) is 6.08 Å². The van der Waals surface area contributed by atoms with Crippen LogP contribution in [0.2, 0.25) is 0 Å². The Hall–Kier alpha value is -2.35. The van der Waals surface area contributed by atoms with Gasteiger partial charge in [0.05, 0.1) is 0 Å². The SMILES string of the molecule is C/C(=C/C(=O)c1ccccc1)N[C@H](C)c1ccccc1. The van der Waals surface area contributed by atoms with E-state index in [0.29, 0.717) is 5.56 Å². The molecule has 0 amide bonds. The lowest BCUT2D eigenvalue weighted by Gasteiger charge is -2.15. The number of ketones is 1. The molecule has 0 aliphatic carbocycles. The number of rotatable bonds is 5. The highest BCUT2D eigenvalue weighted by Gasteiger charge is 2.06. The van der Waals surface area contributed by atoms with Gasteiger partial charge in [0, 0.05) is 23.4 Å². The van der Waals surface area contributed by atoms with Crippen molar-refractivity contribution in [2.75, 3.05) is 0 Å². The second-order valence-corrected chi connectivity index (χ2v) is 4.83. The van der Waals surface area contributed by atoms with Crippen molar-refractivity contribution in [3.8, 4) is 0 Å². The summed E-state index contributed by atoms with van der Waals surface area (Å²) in [5.74, 6) is 0.0239. The minimum absolute atomic E-state index is 0.0239. The van der Waals surface area contributed by atoms with Gasteiger partial charge in [-0.3, -0.25) is 4.79 Å². The van der Waals surface area contributed by atoms with E-state index < -0.39 is 0 Å². The molecule has 0 fully saturated rings. The molecule has 2 aromatic rings. The fourth-order valence-electron chi connectivity index (χ4n) is 2.09. The predicted molar refractivity (Wildman–Crippen MR) is 82.5 cm³/mol. The molecule has 2 rings (SSSR count). The second-order valence-electron chi connectivity index (χ2n) is 4.83. The third-order valence-corrected chi connectivity index (χ3v) is 3.15. The Kier molecular flexibility index (Phi) is 4.72. The maximum atomic E-state index is 12.1. The summed E-state index contributed by atoms with van der Waals surface area (Å²) < 4.78 is 0. The van der Waals surface area contributed by atoms with E-state index in [0.717, 1.165) is 5.70 Å². The Labute approximate surface area is 120 Å². The molecular weight excluding hydrogens is 246 g/mol. The number of benzene rings is 2. The van der Waals surface area contributed by atoms with E-state index in [1.165, 1.54) is 5.56 Å². The van der Waals surface area contributed by atoms with Crippen LogP contribution in [0.3, 0.4) is 0 Å². The summed E-state index contributed by atoms with van der Waals surface area (Å²) in [7, 11) is 0. The van der Waals surface area contributed by atoms with Gasteiger partial charge in [0.2, 0.25) is 0 Å². The third-order valence-electron chi connectivity index (χ3n) is 3.15. The zero-order chi connectivity index (χ0) is 14.4. The van der Waals surface area contributed by atoms with E-state index in [2.05, 4.69) is 24.4 Å². The average molecular weight is 265 g/mol. The molecule has 1 N–H and O–H groups in total. The third kappa shape index (κ3) is 3.82. The molecule has 0 heterocycles. The van der Waals surface area contributed by atoms with Gasteiger partial charge in [0.25, 0.3) is 0 Å². The minimum Gasteiger partial charge on any atom is -0.382 e. The van der Waals surface area contributed by atoms with Crippen molar-refractivity contribution in [2.45, 2.75) is 19.9 Å². The first-order valence-corrected chi connectivity index (χ1v) is 6.76. The number of hydrogen-bond acceptors (Lipinski definition) is 2. The van der Waals surface area contributed by atoms with Crippen LogP contribution in [0.5, 0.6) is 0 Å². The Balaban J connectivity index is 2.03. The van der Waals surface area contributed by atoms with E-state index in [9.17, 15) is 4.79 Å². The summed E-state index contributed by atoms with van der Waals surface area (Å²) in [6.07, 6.45) is 1.65. The van der Waals surface area contributed by atoms with Gasteiger partial charge in [-0.2, -0.15) is 0 Å². The molecule has 0 spiro atoms. The van der Waals surface area contributed by atoms with Crippen molar-refractivity contribution in [3.05, 3.63) is 83.6 Å². The molecule has 0 aliphatic heterocycles. The molecule has 0 aliphatic rings. The highest BCUT2D eigenvalue weighted by atomic mass is 16.1. The van der Waals surface area contributed by atoms with Crippen LogP contribution in [0.4, 0.5) is 0 Å². The van der Waals surface area contributed by atoms with Crippen LogP contribution in [0, 0.1) is 0 Å². The van der Waals surface area contributed by atoms with Gasteiger partial charge in [-0.25, -0.2) is 0 Å². The molecular formula is C18H19NO. The lowest BCUT2D eigenvalue weighted by Crippen LogP contribution is -2.17. The second kappa shape index (κ2) is 6.71. The Morgan fingerprint density at radius 3 is 2.15 bits per heavy atom. The summed E-state index contributed by atoms with van der Waals surface area (Å²) in [5.41, 5.74) is 2.78. The highest BCUT2D eigenvalue weighted by molar-refractivity contribution is 6.04. The normalized spacial score (nSPS) is 12.8. The first-order chi connectivity index (χ1) is 9.66. The first kappa shape index (κ1) is 14.1. The van der Waals surface area contributed by atoms with Crippen LogP contribution in [0.25, 0.3) is 0 Å². The molecule has 2 aromatic carbocycles. The fourth-order valence-corrected chi connectivity index (χ4v) is 2.09. The van der Waals surface area contributed by atoms with Gasteiger partial charge < -0.3 is 5.32 Å². The predicted octanol–water partition coefficient (Wildman–Crippen LogP) is 4.12. The molecule has 0 saturated carbocycles. The topological polar surface area (TPSA) is 29.1 Å².